The molecule has 1 amide bonds. The number of carbonyl (C=O) groups excluding carboxylic acids is 1. The van der Waals surface area contributed by atoms with Crippen LogP contribution in [-0.2, 0) is 23.7 Å². The van der Waals surface area contributed by atoms with Crippen molar-refractivity contribution in [2.75, 3.05) is 19.8 Å². The van der Waals surface area contributed by atoms with Gasteiger partial charge in [0.25, 0.3) is 0 Å². The zero-order valence-electron chi connectivity index (χ0n) is 42.3. The number of nitrogens with one attached hydrogen (secondary N) is 1. The summed E-state index contributed by atoms with van der Waals surface area (Å²) in [5.41, 5.74) is 0. The Morgan fingerprint density at radius 1 is 0.529 bits per heavy atom. The summed E-state index contributed by atoms with van der Waals surface area (Å²) in [5, 5.41) is 86.9. The first-order chi connectivity index (χ1) is 33.1. The highest BCUT2D eigenvalue weighted by Gasteiger charge is 2.51. The Bertz CT molecular complexity index is 1280. The standard InChI is InChI=1S/C54H99NO13/c1-3-5-7-9-11-13-15-17-19-21-23-25-27-29-31-33-35-37-43(58)42(55-46(59)38-36-34-32-30-28-26-24-22-20-18-16-14-12-10-8-6-4-2)41-65-53-51(64)49(62)52(45(40-57)67-53)68-54-50(63)48(61)47(60)44(39-56)66-54/h12,14,18,20,35,37,42-45,47-54,56-58,60-64H,3-11,13,15-17,19,21-34,36,38-41H2,1-2H3,(H,55,59)/b14-12-,20-18-,37-35+. The van der Waals surface area contributed by atoms with E-state index in [2.05, 4.69) is 43.5 Å². The molecule has 0 aliphatic carbocycles. The third kappa shape index (κ3) is 27.1. The maximum atomic E-state index is 13.2. The van der Waals surface area contributed by atoms with E-state index in [1.165, 1.54) is 122 Å². The van der Waals surface area contributed by atoms with E-state index in [0.29, 0.717) is 6.42 Å². The minimum absolute atomic E-state index is 0.248. The molecule has 2 saturated heterocycles. The van der Waals surface area contributed by atoms with Gasteiger partial charge in [0, 0.05) is 6.42 Å². The van der Waals surface area contributed by atoms with Crippen molar-refractivity contribution in [1.82, 2.24) is 5.32 Å². The van der Waals surface area contributed by atoms with Crippen LogP contribution in [0.2, 0.25) is 0 Å². The number of aliphatic hydroxyl groups is 8. The van der Waals surface area contributed by atoms with Crippen LogP contribution >= 0.6 is 0 Å². The lowest BCUT2D eigenvalue weighted by Gasteiger charge is -2.46. The molecule has 68 heavy (non-hydrogen) atoms. The average molecular weight is 970 g/mol. The molecular weight excluding hydrogens is 871 g/mol. The fourth-order valence-electron chi connectivity index (χ4n) is 8.85. The molecule has 2 rings (SSSR count). The van der Waals surface area contributed by atoms with Gasteiger partial charge in [0.15, 0.2) is 12.6 Å². The van der Waals surface area contributed by atoms with E-state index in [9.17, 15) is 45.6 Å². The number of hydrogen-bond acceptors (Lipinski definition) is 13. The molecule has 0 spiro atoms. The highest BCUT2D eigenvalue weighted by molar-refractivity contribution is 5.76. The van der Waals surface area contributed by atoms with Crippen LogP contribution in [-0.4, -0.2) is 140 Å². The van der Waals surface area contributed by atoms with Crippen LogP contribution in [0.25, 0.3) is 0 Å². The molecule has 0 saturated carbocycles. The molecule has 2 aliphatic rings. The number of amides is 1. The van der Waals surface area contributed by atoms with Crippen LogP contribution in [0.4, 0.5) is 0 Å². The molecule has 12 unspecified atom stereocenters. The average Bonchev–Trinajstić information content (AvgIpc) is 3.34. The van der Waals surface area contributed by atoms with E-state index in [0.717, 1.165) is 57.8 Å². The Kier molecular flexibility index (Phi) is 37.4. The lowest BCUT2D eigenvalue weighted by molar-refractivity contribution is -0.359. The first-order valence-corrected chi connectivity index (χ1v) is 27.2. The van der Waals surface area contributed by atoms with E-state index in [1.807, 2.05) is 6.08 Å². The molecule has 398 valence electrons. The Hall–Kier alpha value is -1.79. The molecular formula is C54H99NO13. The van der Waals surface area contributed by atoms with Crippen LogP contribution < -0.4 is 5.32 Å². The maximum absolute atomic E-state index is 13.2. The van der Waals surface area contributed by atoms with Crippen LogP contribution in [0.3, 0.4) is 0 Å². The lowest BCUT2D eigenvalue weighted by Crippen LogP contribution is -2.65. The van der Waals surface area contributed by atoms with Gasteiger partial charge in [-0.15, -0.1) is 0 Å². The van der Waals surface area contributed by atoms with Gasteiger partial charge in [0.1, 0.15) is 48.8 Å². The summed E-state index contributed by atoms with van der Waals surface area (Å²) >= 11 is 0. The van der Waals surface area contributed by atoms with Gasteiger partial charge >= 0.3 is 0 Å². The second kappa shape index (κ2) is 40.8. The number of hydrogen-bond donors (Lipinski definition) is 9. The van der Waals surface area contributed by atoms with E-state index < -0.39 is 86.8 Å². The van der Waals surface area contributed by atoms with Crippen molar-refractivity contribution in [2.45, 2.75) is 280 Å². The fourth-order valence-corrected chi connectivity index (χ4v) is 8.85. The Balaban J connectivity index is 1.83. The summed E-state index contributed by atoms with van der Waals surface area (Å²) in [5.74, 6) is -0.248. The van der Waals surface area contributed by atoms with Gasteiger partial charge in [-0.25, -0.2) is 0 Å². The summed E-state index contributed by atoms with van der Waals surface area (Å²) in [6.45, 7) is 2.76. The van der Waals surface area contributed by atoms with Gasteiger partial charge < -0.3 is 65.1 Å². The summed E-state index contributed by atoms with van der Waals surface area (Å²) < 4.78 is 22.7. The Labute approximate surface area is 411 Å². The number of unbranched alkanes of at least 4 members (excludes halogenated alkanes) is 25. The van der Waals surface area contributed by atoms with Gasteiger partial charge in [-0.1, -0.05) is 185 Å². The number of aliphatic hydroxyl groups excluding tert-OH is 8. The topological polar surface area (TPSA) is 228 Å². The molecule has 12 atom stereocenters. The van der Waals surface area contributed by atoms with E-state index in [-0.39, 0.29) is 18.9 Å². The first kappa shape index (κ1) is 62.3. The molecule has 0 aromatic carbocycles. The van der Waals surface area contributed by atoms with Crippen molar-refractivity contribution >= 4 is 5.91 Å². The van der Waals surface area contributed by atoms with Gasteiger partial charge in [-0.05, 0) is 51.4 Å². The van der Waals surface area contributed by atoms with E-state index >= 15 is 0 Å². The number of carbonyl (C=O) groups is 1. The molecule has 0 bridgehead atoms. The van der Waals surface area contributed by atoms with Crippen molar-refractivity contribution in [3.05, 3.63) is 36.5 Å². The quantitative estimate of drug-likeness (QED) is 0.0210. The van der Waals surface area contributed by atoms with Crippen LogP contribution in [0.1, 0.15) is 206 Å². The molecule has 0 aromatic heterocycles. The molecule has 2 fully saturated rings. The van der Waals surface area contributed by atoms with E-state index in [4.69, 9.17) is 18.9 Å². The molecule has 14 heteroatoms. The van der Waals surface area contributed by atoms with E-state index in [1.54, 1.807) is 6.08 Å². The minimum Gasteiger partial charge on any atom is -0.394 e. The lowest BCUT2D eigenvalue weighted by atomic mass is 9.97. The summed E-state index contributed by atoms with van der Waals surface area (Å²) in [4.78, 5) is 13.2. The minimum atomic E-state index is -1.79. The number of rotatable bonds is 42. The normalized spacial score (nSPS) is 26.6. The summed E-state index contributed by atoms with van der Waals surface area (Å²) in [6.07, 6.45) is 30.3. The predicted molar refractivity (Wildman–Crippen MR) is 268 cm³/mol. The fraction of sp³-hybridized carbons (Fsp3) is 0.870. The van der Waals surface area contributed by atoms with Crippen LogP contribution in [0, 0.1) is 0 Å². The summed E-state index contributed by atoms with van der Waals surface area (Å²) in [6, 6.07) is -0.917. The van der Waals surface area contributed by atoms with Crippen molar-refractivity contribution in [3.63, 3.8) is 0 Å². The Morgan fingerprint density at radius 3 is 1.50 bits per heavy atom. The second-order valence-electron chi connectivity index (χ2n) is 19.4. The second-order valence-corrected chi connectivity index (χ2v) is 19.4. The number of ether oxygens (including phenoxy) is 4. The molecule has 14 nitrogen and oxygen atoms in total. The number of allylic oxidation sites excluding steroid dienone is 5. The third-order valence-electron chi connectivity index (χ3n) is 13.3. The van der Waals surface area contributed by atoms with Crippen LogP contribution in [0.5, 0.6) is 0 Å². The van der Waals surface area contributed by atoms with Gasteiger partial charge in [0.05, 0.1) is 32.0 Å². The maximum Gasteiger partial charge on any atom is 0.220 e. The Morgan fingerprint density at radius 2 is 0.971 bits per heavy atom. The van der Waals surface area contributed by atoms with Gasteiger partial charge in [0.2, 0.25) is 5.91 Å². The molecule has 0 aromatic rings. The van der Waals surface area contributed by atoms with Crippen molar-refractivity contribution < 1.29 is 64.6 Å². The SMILES string of the molecule is CCCCC/C=C\C/C=C\CCCCCCCCCC(=O)NC(COC1OC(CO)C(OC2OC(CO)C(O)C(O)C2O)C(O)C1O)C(O)/C=C/CCCCCCCCCCCCCCCCC. The highest BCUT2D eigenvalue weighted by atomic mass is 16.7. The highest BCUT2D eigenvalue weighted by Crippen LogP contribution is 2.30. The first-order valence-electron chi connectivity index (χ1n) is 27.2. The molecule has 9 N–H and O–H groups in total. The van der Waals surface area contributed by atoms with Gasteiger partial charge in [-0.2, -0.15) is 0 Å². The largest absolute Gasteiger partial charge is 0.394 e. The molecule has 0 radical (unpaired) electrons. The summed E-state index contributed by atoms with van der Waals surface area (Å²) in [7, 11) is 0. The molecule has 2 heterocycles. The smallest absolute Gasteiger partial charge is 0.220 e. The zero-order valence-corrected chi connectivity index (χ0v) is 42.3. The van der Waals surface area contributed by atoms with Gasteiger partial charge in [-0.3, -0.25) is 4.79 Å². The monoisotopic (exact) mass is 970 g/mol. The van der Waals surface area contributed by atoms with Crippen LogP contribution in [0.15, 0.2) is 36.5 Å². The molecule has 2 aliphatic heterocycles. The predicted octanol–water partition coefficient (Wildman–Crippen LogP) is 7.88. The third-order valence-corrected chi connectivity index (χ3v) is 13.3. The van der Waals surface area contributed by atoms with Crippen molar-refractivity contribution in [1.29, 1.82) is 0 Å². The van der Waals surface area contributed by atoms with Crippen molar-refractivity contribution in [3.8, 4) is 0 Å². The zero-order chi connectivity index (χ0) is 49.6. The van der Waals surface area contributed by atoms with Crippen molar-refractivity contribution in [2.24, 2.45) is 0 Å².